The summed E-state index contributed by atoms with van der Waals surface area (Å²) in [6.45, 7) is 2.82. The molecule has 0 heterocycles. The van der Waals surface area contributed by atoms with Gasteiger partial charge in [0.15, 0.2) is 6.04 Å². The van der Waals surface area contributed by atoms with Crippen LogP contribution in [0.15, 0.2) is 12.3 Å². The lowest BCUT2D eigenvalue weighted by Crippen LogP contribution is -2.67. The molecule has 8 nitrogen and oxygen atoms in total. The second kappa shape index (κ2) is 8.09. The van der Waals surface area contributed by atoms with E-state index in [-0.39, 0.29) is 0 Å². The maximum Gasteiger partial charge on any atom is 0.278 e. The largest absolute Gasteiger partial charge is 0.548 e. The van der Waals surface area contributed by atoms with Crippen LogP contribution in [-0.2, 0) is 19.1 Å². The van der Waals surface area contributed by atoms with Crippen LogP contribution in [-0.4, -0.2) is 43.0 Å². The third-order valence-corrected chi connectivity index (χ3v) is 2.15. The average Bonchev–Trinajstić information content (AvgIpc) is 2.33. The minimum atomic E-state index is -1.42. The van der Waals surface area contributed by atoms with Gasteiger partial charge in [-0.1, -0.05) is 0 Å². The number of hydrogen-bond acceptors (Lipinski definition) is 5. The molecule has 19 heavy (non-hydrogen) atoms. The van der Waals surface area contributed by atoms with Gasteiger partial charge in [0.05, 0.1) is 25.4 Å². The van der Waals surface area contributed by atoms with Crippen molar-refractivity contribution >= 4 is 17.8 Å². The Morgan fingerprint density at radius 3 is 2.21 bits per heavy atom. The zero-order valence-electron chi connectivity index (χ0n) is 11.1. The number of quaternary nitrogens is 1. The Morgan fingerprint density at radius 2 is 1.79 bits per heavy atom. The number of nitrogens with one attached hydrogen (secondary N) is 2. The monoisotopic (exact) mass is 273 g/mol. The van der Waals surface area contributed by atoms with Crippen LogP contribution >= 0.6 is 0 Å². The van der Waals surface area contributed by atoms with Gasteiger partial charge in [-0.2, -0.15) is 0 Å². The highest BCUT2D eigenvalue weighted by Gasteiger charge is 2.22. The van der Waals surface area contributed by atoms with E-state index in [0.717, 1.165) is 0 Å². The van der Waals surface area contributed by atoms with E-state index in [9.17, 15) is 19.5 Å². The lowest BCUT2D eigenvalue weighted by atomic mass is 10.2. The van der Waals surface area contributed by atoms with Crippen LogP contribution in [0.1, 0.15) is 13.8 Å². The molecule has 5 N–H and O–H groups in total. The molecule has 8 heteroatoms. The Balaban J connectivity index is 4.74. The van der Waals surface area contributed by atoms with E-state index in [1.165, 1.54) is 26.4 Å². The van der Waals surface area contributed by atoms with Crippen LogP contribution in [0.25, 0.3) is 0 Å². The average molecular weight is 273 g/mol. The SMILES string of the molecule is CO/C=C/[C@H](NC(=O)[C@H](C)[NH3+])C(=O)N[C@@H](C)C(=O)[O-]. The lowest BCUT2D eigenvalue weighted by molar-refractivity contribution is -0.398. The number of rotatable bonds is 7. The van der Waals surface area contributed by atoms with Crippen molar-refractivity contribution in [1.82, 2.24) is 10.6 Å². The second-order valence-corrected chi connectivity index (χ2v) is 4.00. The van der Waals surface area contributed by atoms with Crippen LogP contribution in [0.4, 0.5) is 0 Å². The summed E-state index contributed by atoms with van der Waals surface area (Å²) in [7, 11) is 1.38. The number of carboxylic acids is 1. The molecule has 0 saturated carbocycles. The zero-order chi connectivity index (χ0) is 15.0. The summed E-state index contributed by atoms with van der Waals surface area (Å²) >= 11 is 0. The number of carbonyl (C=O) groups excluding carboxylic acids is 3. The van der Waals surface area contributed by atoms with E-state index in [1.54, 1.807) is 6.92 Å². The van der Waals surface area contributed by atoms with E-state index in [0.29, 0.717) is 0 Å². The molecule has 0 aliphatic heterocycles. The summed E-state index contributed by atoms with van der Waals surface area (Å²) in [4.78, 5) is 33.8. The van der Waals surface area contributed by atoms with Crippen molar-refractivity contribution in [2.75, 3.05) is 7.11 Å². The summed E-state index contributed by atoms with van der Waals surface area (Å²) in [5, 5.41) is 15.1. The Kier molecular flexibility index (Phi) is 7.20. The molecule has 0 radical (unpaired) electrons. The minimum absolute atomic E-state index is 0.443. The molecule has 0 aromatic carbocycles. The Labute approximate surface area is 111 Å². The van der Waals surface area contributed by atoms with Gasteiger partial charge in [0.25, 0.3) is 5.91 Å². The predicted octanol–water partition coefficient (Wildman–Crippen LogP) is -3.48. The van der Waals surface area contributed by atoms with Crippen molar-refractivity contribution in [2.45, 2.75) is 32.0 Å². The summed E-state index contributed by atoms with van der Waals surface area (Å²) in [5.41, 5.74) is 3.52. The standard InChI is InChI=1S/C11H19N3O5/c1-6(12)9(15)14-8(4-5-19-3)10(16)13-7(2)11(17)18/h4-8H,12H2,1-3H3,(H,13,16)(H,14,15)(H,17,18)/b5-4+/t6-,7-,8-/m0/s1. The molecular weight excluding hydrogens is 254 g/mol. The summed E-state index contributed by atoms with van der Waals surface area (Å²) in [5.74, 6) is -2.54. The van der Waals surface area contributed by atoms with Crippen LogP contribution in [0.3, 0.4) is 0 Å². The molecule has 0 fully saturated rings. The molecule has 0 aliphatic rings. The van der Waals surface area contributed by atoms with Crippen molar-refractivity contribution in [3.05, 3.63) is 12.3 Å². The summed E-state index contributed by atoms with van der Waals surface area (Å²) in [6.07, 6.45) is 2.50. The molecule has 0 aliphatic carbocycles. The van der Waals surface area contributed by atoms with Gasteiger partial charge >= 0.3 is 0 Å². The third-order valence-electron chi connectivity index (χ3n) is 2.15. The van der Waals surface area contributed by atoms with Crippen molar-refractivity contribution in [1.29, 1.82) is 0 Å². The summed E-state index contributed by atoms with van der Waals surface area (Å²) < 4.78 is 4.66. The van der Waals surface area contributed by atoms with Gasteiger partial charge in [0, 0.05) is 0 Å². The molecule has 108 valence electrons. The first-order valence-electron chi connectivity index (χ1n) is 5.63. The highest BCUT2D eigenvalue weighted by Crippen LogP contribution is 1.92. The molecule has 0 rings (SSSR count). The van der Waals surface area contributed by atoms with E-state index < -0.39 is 35.9 Å². The second-order valence-electron chi connectivity index (χ2n) is 4.00. The Hall–Kier alpha value is -2.09. The fourth-order valence-electron chi connectivity index (χ4n) is 1.02. The van der Waals surface area contributed by atoms with Crippen molar-refractivity contribution in [3.63, 3.8) is 0 Å². The Bertz CT molecular complexity index is 367. The molecule has 0 aromatic heterocycles. The van der Waals surface area contributed by atoms with E-state index in [1.807, 2.05) is 0 Å². The first-order valence-corrected chi connectivity index (χ1v) is 5.63. The fourth-order valence-corrected chi connectivity index (χ4v) is 1.02. The molecule has 0 aromatic rings. The van der Waals surface area contributed by atoms with Crippen LogP contribution in [0.2, 0.25) is 0 Å². The van der Waals surface area contributed by atoms with Crippen molar-refractivity contribution < 1.29 is 30.0 Å². The number of carboxylic acid groups (broad SMARTS) is 1. The first-order chi connectivity index (χ1) is 8.79. The van der Waals surface area contributed by atoms with E-state index in [4.69, 9.17) is 0 Å². The van der Waals surface area contributed by atoms with E-state index >= 15 is 0 Å². The zero-order valence-corrected chi connectivity index (χ0v) is 11.1. The third kappa shape index (κ3) is 6.41. The van der Waals surface area contributed by atoms with Gasteiger partial charge in [-0.3, -0.25) is 9.59 Å². The molecule has 3 atom stereocenters. The van der Waals surface area contributed by atoms with Gasteiger partial charge < -0.3 is 31.0 Å². The topological polar surface area (TPSA) is 135 Å². The predicted molar refractivity (Wildman–Crippen MR) is 63.0 cm³/mol. The molecule has 0 spiro atoms. The highest BCUT2D eigenvalue weighted by molar-refractivity contribution is 5.92. The number of aliphatic carboxylic acids is 1. The highest BCUT2D eigenvalue weighted by atomic mass is 16.5. The normalized spacial score (nSPS) is 15.4. The van der Waals surface area contributed by atoms with Crippen molar-refractivity contribution in [2.24, 2.45) is 0 Å². The molecule has 2 amide bonds. The number of carbonyl (C=O) groups is 3. The molecule has 0 bridgehead atoms. The molecule has 0 saturated heterocycles. The van der Waals surface area contributed by atoms with Gasteiger partial charge in [-0.15, -0.1) is 0 Å². The van der Waals surface area contributed by atoms with Gasteiger partial charge in [-0.25, -0.2) is 0 Å². The number of amides is 2. The van der Waals surface area contributed by atoms with Crippen LogP contribution in [0.5, 0.6) is 0 Å². The van der Waals surface area contributed by atoms with Crippen molar-refractivity contribution in [3.8, 4) is 0 Å². The maximum absolute atomic E-state index is 11.8. The molecule has 0 unspecified atom stereocenters. The smallest absolute Gasteiger partial charge is 0.278 e. The lowest BCUT2D eigenvalue weighted by Gasteiger charge is -2.19. The van der Waals surface area contributed by atoms with Crippen LogP contribution in [0, 0.1) is 0 Å². The summed E-state index contributed by atoms with van der Waals surface area (Å²) in [6, 6.07) is -2.76. The van der Waals surface area contributed by atoms with Gasteiger partial charge in [-0.05, 0) is 19.9 Å². The number of methoxy groups -OCH3 is 1. The van der Waals surface area contributed by atoms with Crippen LogP contribution < -0.4 is 21.5 Å². The quantitative estimate of drug-likeness (QED) is 0.414. The van der Waals surface area contributed by atoms with E-state index in [2.05, 4.69) is 21.1 Å². The number of ether oxygens (including phenoxy) is 1. The van der Waals surface area contributed by atoms with Gasteiger partial charge in [0.2, 0.25) is 5.91 Å². The fraction of sp³-hybridized carbons (Fsp3) is 0.545. The first kappa shape index (κ1) is 16.9. The number of hydrogen-bond donors (Lipinski definition) is 3. The minimum Gasteiger partial charge on any atom is -0.548 e. The molecular formula is C11H19N3O5. The Morgan fingerprint density at radius 1 is 1.21 bits per heavy atom. The van der Waals surface area contributed by atoms with Gasteiger partial charge in [0.1, 0.15) is 6.04 Å². The maximum atomic E-state index is 11.8.